The van der Waals surface area contributed by atoms with Gasteiger partial charge >= 0.3 is 51.4 Å². The number of carboxylic acid groups (broad SMARTS) is 1. The van der Waals surface area contributed by atoms with Gasteiger partial charge < -0.3 is 14.6 Å². The standard InChI is InChI=1S/C12H16O3.K/c1-8(2)10-5-4-9(3)6-11(10)15-7-12(13)14;/h4-6,8H,7H2,1-3H3,(H,13,14);/q;+1/p-1. The second kappa shape index (κ2) is 7.45. The quantitative estimate of drug-likeness (QED) is 0.592. The molecule has 0 radical (unpaired) electrons. The second-order valence-corrected chi connectivity index (χ2v) is 3.86. The van der Waals surface area contributed by atoms with Crippen molar-refractivity contribution in [1.82, 2.24) is 0 Å². The van der Waals surface area contributed by atoms with Crippen molar-refractivity contribution in [2.24, 2.45) is 0 Å². The van der Waals surface area contributed by atoms with Gasteiger partial charge in [-0.15, -0.1) is 0 Å². The van der Waals surface area contributed by atoms with Crippen LogP contribution >= 0.6 is 0 Å². The molecule has 0 aromatic heterocycles. The zero-order valence-corrected chi connectivity index (χ0v) is 13.4. The van der Waals surface area contributed by atoms with Crippen LogP contribution in [0.15, 0.2) is 18.2 Å². The van der Waals surface area contributed by atoms with Crippen molar-refractivity contribution < 1.29 is 66.0 Å². The number of carbonyl (C=O) groups excluding carboxylic acids is 1. The van der Waals surface area contributed by atoms with Gasteiger partial charge in [0.05, 0.1) is 5.97 Å². The predicted octanol–water partition coefficient (Wildman–Crippen LogP) is -1.75. The molecule has 0 bridgehead atoms. The molecule has 0 amide bonds. The van der Waals surface area contributed by atoms with E-state index in [1.807, 2.05) is 39.0 Å². The van der Waals surface area contributed by atoms with E-state index in [4.69, 9.17) is 4.74 Å². The van der Waals surface area contributed by atoms with Gasteiger partial charge in [0.2, 0.25) is 0 Å². The molecule has 1 rings (SSSR count). The van der Waals surface area contributed by atoms with Gasteiger partial charge in [0.25, 0.3) is 0 Å². The van der Waals surface area contributed by atoms with Crippen LogP contribution in [0.2, 0.25) is 0 Å². The summed E-state index contributed by atoms with van der Waals surface area (Å²) in [6, 6.07) is 5.80. The second-order valence-electron chi connectivity index (χ2n) is 3.86. The molecule has 16 heavy (non-hydrogen) atoms. The van der Waals surface area contributed by atoms with Crippen LogP contribution in [-0.4, -0.2) is 12.6 Å². The maximum atomic E-state index is 10.3. The first-order chi connectivity index (χ1) is 7.00. The maximum Gasteiger partial charge on any atom is 1.00 e. The molecule has 3 nitrogen and oxygen atoms in total. The number of aryl methyl sites for hydroxylation is 1. The van der Waals surface area contributed by atoms with Crippen LogP contribution in [0.4, 0.5) is 0 Å². The van der Waals surface area contributed by atoms with Crippen LogP contribution in [0.25, 0.3) is 0 Å². The smallest absolute Gasteiger partial charge is 0.546 e. The van der Waals surface area contributed by atoms with Crippen molar-refractivity contribution in [2.75, 3.05) is 6.61 Å². The Bertz CT molecular complexity index is 361. The molecule has 0 saturated heterocycles. The van der Waals surface area contributed by atoms with Crippen molar-refractivity contribution in [2.45, 2.75) is 26.7 Å². The number of carboxylic acids is 1. The summed E-state index contributed by atoms with van der Waals surface area (Å²) in [4.78, 5) is 10.3. The largest absolute Gasteiger partial charge is 1.00 e. The third kappa shape index (κ3) is 4.97. The fraction of sp³-hybridized carbons (Fsp3) is 0.417. The Morgan fingerprint density at radius 3 is 2.56 bits per heavy atom. The number of hydrogen-bond acceptors (Lipinski definition) is 3. The van der Waals surface area contributed by atoms with E-state index >= 15 is 0 Å². The Morgan fingerprint density at radius 2 is 2.06 bits per heavy atom. The van der Waals surface area contributed by atoms with E-state index in [9.17, 15) is 9.90 Å². The summed E-state index contributed by atoms with van der Waals surface area (Å²) in [5.74, 6) is -0.261. The summed E-state index contributed by atoms with van der Waals surface area (Å²) in [6.07, 6.45) is 0. The summed E-state index contributed by atoms with van der Waals surface area (Å²) < 4.78 is 5.18. The fourth-order valence-corrected chi connectivity index (χ4v) is 1.38. The predicted molar refractivity (Wildman–Crippen MR) is 55.8 cm³/mol. The maximum absolute atomic E-state index is 10.3. The zero-order chi connectivity index (χ0) is 11.4. The van der Waals surface area contributed by atoms with Crippen LogP contribution < -0.4 is 61.2 Å². The molecule has 0 aliphatic rings. The summed E-state index contributed by atoms with van der Waals surface area (Å²) in [5, 5.41) is 10.3. The Kier molecular flexibility index (Phi) is 7.51. The molecule has 0 N–H and O–H groups in total. The molecule has 1 aromatic rings. The third-order valence-corrected chi connectivity index (χ3v) is 2.14. The van der Waals surface area contributed by atoms with Gasteiger partial charge in [0.15, 0.2) is 0 Å². The summed E-state index contributed by atoms with van der Waals surface area (Å²) in [6.45, 7) is 5.62. The van der Waals surface area contributed by atoms with E-state index in [0.717, 1.165) is 11.1 Å². The number of benzene rings is 1. The van der Waals surface area contributed by atoms with Gasteiger partial charge in [0, 0.05) is 0 Å². The number of rotatable bonds is 4. The SMILES string of the molecule is Cc1ccc(C(C)C)c(OCC(=O)[O-])c1.[K+]. The summed E-state index contributed by atoms with van der Waals surface area (Å²) in [5.41, 5.74) is 2.06. The molecule has 82 valence electrons. The van der Waals surface area contributed by atoms with Gasteiger partial charge in [-0.3, -0.25) is 0 Å². The average molecular weight is 246 g/mol. The number of hydrogen-bond donors (Lipinski definition) is 0. The third-order valence-electron chi connectivity index (χ3n) is 2.14. The molecular formula is C12H15KO3. The van der Waals surface area contributed by atoms with Crippen LogP contribution in [0.1, 0.15) is 30.9 Å². The van der Waals surface area contributed by atoms with Crippen LogP contribution in [0.3, 0.4) is 0 Å². The molecule has 0 saturated carbocycles. The van der Waals surface area contributed by atoms with Gasteiger partial charge in [-0.25, -0.2) is 0 Å². The number of ether oxygens (including phenoxy) is 1. The minimum Gasteiger partial charge on any atom is -0.546 e. The van der Waals surface area contributed by atoms with Gasteiger partial charge in [0.1, 0.15) is 12.4 Å². The summed E-state index contributed by atoms with van der Waals surface area (Å²) >= 11 is 0. The molecular weight excluding hydrogens is 231 g/mol. The molecule has 0 heterocycles. The van der Waals surface area contributed by atoms with E-state index in [1.54, 1.807) is 0 Å². The minimum absolute atomic E-state index is 0. The topological polar surface area (TPSA) is 49.4 Å². The first kappa shape index (κ1) is 16.1. The molecule has 0 aliphatic heterocycles. The molecule has 0 atom stereocenters. The number of aliphatic carboxylic acids is 1. The van der Waals surface area contributed by atoms with Crippen molar-refractivity contribution in [3.63, 3.8) is 0 Å². The average Bonchev–Trinajstić information content (AvgIpc) is 2.14. The van der Waals surface area contributed by atoms with Crippen LogP contribution in [0.5, 0.6) is 5.75 Å². The van der Waals surface area contributed by atoms with E-state index in [-0.39, 0.29) is 51.4 Å². The minimum atomic E-state index is -1.20. The first-order valence-corrected chi connectivity index (χ1v) is 4.94. The fourth-order valence-electron chi connectivity index (χ4n) is 1.38. The van der Waals surface area contributed by atoms with Crippen molar-refractivity contribution in [3.8, 4) is 5.75 Å². The van der Waals surface area contributed by atoms with Gasteiger partial charge in [-0.05, 0) is 30.0 Å². The van der Waals surface area contributed by atoms with E-state index in [2.05, 4.69) is 0 Å². The van der Waals surface area contributed by atoms with Gasteiger partial charge in [-0.2, -0.15) is 0 Å². The molecule has 1 aromatic carbocycles. The van der Waals surface area contributed by atoms with Crippen molar-refractivity contribution in [1.29, 1.82) is 0 Å². The molecule has 0 spiro atoms. The van der Waals surface area contributed by atoms with Crippen molar-refractivity contribution in [3.05, 3.63) is 29.3 Å². The van der Waals surface area contributed by atoms with Crippen molar-refractivity contribution >= 4 is 5.97 Å². The van der Waals surface area contributed by atoms with E-state index < -0.39 is 12.6 Å². The normalized spacial score (nSPS) is 9.75. The summed E-state index contributed by atoms with van der Waals surface area (Å²) in [7, 11) is 0. The molecule has 0 aliphatic carbocycles. The zero-order valence-electron chi connectivity index (χ0n) is 10.2. The molecule has 4 heteroatoms. The van der Waals surface area contributed by atoms with E-state index in [0.29, 0.717) is 11.7 Å². The Hall–Kier alpha value is 0.126. The molecule has 0 unspecified atom stereocenters. The number of carbonyl (C=O) groups is 1. The Labute approximate surface area is 139 Å². The first-order valence-electron chi connectivity index (χ1n) is 4.94. The van der Waals surface area contributed by atoms with Gasteiger partial charge in [-0.1, -0.05) is 26.0 Å². The monoisotopic (exact) mass is 246 g/mol. The van der Waals surface area contributed by atoms with Crippen LogP contribution in [0, 0.1) is 6.92 Å². The molecule has 0 fully saturated rings. The van der Waals surface area contributed by atoms with E-state index in [1.165, 1.54) is 0 Å². The Morgan fingerprint density at radius 1 is 1.44 bits per heavy atom. The van der Waals surface area contributed by atoms with Crippen LogP contribution in [-0.2, 0) is 4.79 Å². The Balaban J connectivity index is 0.00000225.